The van der Waals surface area contributed by atoms with Crippen molar-refractivity contribution in [1.82, 2.24) is 0 Å². The minimum Gasteiger partial charge on any atom is -0.508 e. The maximum Gasteiger partial charge on any atom is 0.119 e. The number of rotatable bonds is 10. The van der Waals surface area contributed by atoms with Crippen LogP contribution in [0.15, 0.2) is 24.3 Å². The first-order valence-electron chi connectivity index (χ1n) is 7.67. The normalized spacial score (nSPS) is 13.9. The highest BCUT2D eigenvalue weighted by Gasteiger charge is 2.10. The smallest absolute Gasteiger partial charge is 0.119 e. The third-order valence-electron chi connectivity index (χ3n) is 3.48. The topological polar surface area (TPSA) is 29.5 Å². The van der Waals surface area contributed by atoms with Crippen molar-refractivity contribution in [2.75, 3.05) is 6.61 Å². The van der Waals surface area contributed by atoms with E-state index in [1.807, 2.05) is 0 Å². The second-order valence-electron chi connectivity index (χ2n) is 5.56. The molecule has 0 spiro atoms. The average Bonchev–Trinajstić information content (AvgIpc) is 2.43. The van der Waals surface area contributed by atoms with Crippen LogP contribution >= 0.6 is 11.6 Å². The summed E-state index contributed by atoms with van der Waals surface area (Å²) in [6.07, 6.45) is 6.86. The molecule has 114 valence electrons. The second-order valence-corrected chi connectivity index (χ2v) is 6.18. The monoisotopic (exact) mass is 298 g/mol. The summed E-state index contributed by atoms with van der Waals surface area (Å²) in [5, 5.41) is 9.50. The van der Waals surface area contributed by atoms with Gasteiger partial charge in [0.15, 0.2) is 0 Å². The van der Waals surface area contributed by atoms with Crippen molar-refractivity contribution in [2.45, 2.75) is 57.7 Å². The van der Waals surface area contributed by atoms with Crippen LogP contribution in [0.2, 0.25) is 0 Å². The predicted molar refractivity (Wildman–Crippen MR) is 85.8 cm³/mol. The Balaban J connectivity index is 2.09. The van der Waals surface area contributed by atoms with E-state index in [0.717, 1.165) is 38.0 Å². The molecular weight excluding hydrogens is 272 g/mol. The van der Waals surface area contributed by atoms with Crippen LogP contribution < -0.4 is 4.74 Å². The molecule has 0 amide bonds. The molecule has 1 rings (SSSR count). The summed E-state index contributed by atoms with van der Waals surface area (Å²) in [6.45, 7) is 5.19. The van der Waals surface area contributed by atoms with Gasteiger partial charge in [-0.2, -0.15) is 0 Å². The SMILES string of the molecule is CCCC[C@@H](Cl)CC(C)CCCOc1ccc(O)cc1. The van der Waals surface area contributed by atoms with Gasteiger partial charge in [-0.05, 0) is 55.9 Å². The minimum atomic E-state index is 0.270. The van der Waals surface area contributed by atoms with Crippen LogP contribution in [-0.2, 0) is 0 Å². The molecule has 0 aromatic heterocycles. The summed E-state index contributed by atoms with van der Waals surface area (Å²) in [7, 11) is 0. The molecule has 0 radical (unpaired) electrons. The van der Waals surface area contributed by atoms with Gasteiger partial charge in [-0.3, -0.25) is 0 Å². The van der Waals surface area contributed by atoms with Crippen molar-refractivity contribution in [3.05, 3.63) is 24.3 Å². The fraction of sp³-hybridized carbons (Fsp3) is 0.647. The van der Waals surface area contributed by atoms with E-state index >= 15 is 0 Å². The number of halogens is 1. The maximum atomic E-state index is 9.18. The molecule has 1 unspecified atom stereocenters. The van der Waals surface area contributed by atoms with Gasteiger partial charge in [0.1, 0.15) is 11.5 Å². The number of ether oxygens (including phenoxy) is 1. The van der Waals surface area contributed by atoms with Crippen LogP contribution in [-0.4, -0.2) is 17.1 Å². The highest BCUT2D eigenvalue weighted by atomic mass is 35.5. The number of unbranched alkanes of at least 4 members (excludes halogenated alkanes) is 1. The van der Waals surface area contributed by atoms with E-state index in [9.17, 15) is 5.11 Å². The Morgan fingerprint density at radius 2 is 1.85 bits per heavy atom. The van der Waals surface area contributed by atoms with Crippen molar-refractivity contribution in [3.63, 3.8) is 0 Å². The molecule has 0 fully saturated rings. The van der Waals surface area contributed by atoms with Crippen LogP contribution in [0.1, 0.15) is 52.4 Å². The molecule has 0 aliphatic heterocycles. The zero-order valence-corrected chi connectivity index (χ0v) is 13.4. The summed E-state index contributed by atoms with van der Waals surface area (Å²) in [5.41, 5.74) is 0. The lowest BCUT2D eigenvalue weighted by molar-refractivity contribution is 0.291. The number of hydrogen-bond donors (Lipinski definition) is 1. The molecule has 1 N–H and O–H groups in total. The third kappa shape index (κ3) is 7.64. The maximum absolute atomic E-state index is 9.18. The highest BCUT2D eigenvalue weighted by molar-refractivity contribution is 6.20. The number of phenolic OH excluding ortho intramolecular Hbond substituents is 1. The van der Waals surface area contributed by atoms with E-state index < -0.39 is 0 Å². The Morgan fingerprint density at radius 1 is 1.15 bits per heavy atom. The lowest BCUT2D eigenvalue weighted by Gasteiger charge is -2.15. The molecule has 0 saturated heterocycles. The van der Waals surface area contributed by atoms with Crippen LogP contribution in [0.25, 0.3) is 0 Å². The molecule has 0 aliphatic rings. The standard InChI is InChI=1S/C17H27ClO2/c1-3-4-7-15(18)13-14(2)6-5-12-20-17-10-8-16(19)9-11-17/h8-11,14-15,19H,3-7,12-13H2,1-2H3/t14?,15-/m1/s1. The van der Waals surface area contributed by atoms with Crippen molar-refractivity contribution in [3.8, 4) is 11.5 Å². The largest absolute Gasteiger partial charge is 0.508 e. The Hall–Kier alpha value is -0.890. The van der Waals surface area contributed by atoms with E-state index in [2.05, 4.69) is 13.8 Å². The van der Waals surface area contributed by atoms with Gasteiger partial charge in [0.05, 0.1) is 6.61 Å². The minimum absolute atomic E-state index is 0.270. The van der Waals surface area contributed by atoms with Crippen LogP contribution in [0, 0.1) is 5.92 Å². The summed E-state index contributed by atoms with van der Waals surface area (Å²) in [5.74, 6) is 1.73. The lowest BCUT2D eigenvalue weighted by Crippen LogP contribution is -2.08. The number of hydrogen-bond acceptors (Lipinski definition) is 2. The second kappa shape index (κ2) is 9.93. The molecule has 0 saturated carbocycles. The van der Waals surface area contributed by atoms with Gasteiger partial charge in [0, 0.05) is 5.38 Å². The van der Waals surface area contributed by atoms with E-state index in [-0.39, 0.29) is 5.75 Å². The van der Waals surface area contributed by atoms with Crippen molar-refractivity contribution in [2.24, 2.45) is 5.92 Å². The van der Waals surface area contributed by atoms with Crippen molar-refractivity contribution in [1.29, 1.82) is 0 Å². The number of aromatic hydroxyl groups is 1. The third-order valence-corrected chi connectivity index (χ3v) is 3.87. The van der Waals surface area contributed by atoms with E-state index in [1.165, 1.54) is 12.8 Å². The Kier molecular flexibility index (Phi) is 8.52. The van der Waals surface area contributed by atoms with Crippen molar-refractivity contribution < 1.29 is 9.84 Å². The molecular formula is C17H27ClO2. The van der Waals surface area contributed by atoms with Gasteiger partial charge in [-0.1, -0.05) is 26.7 Å². The molecule has 2 nitrogen and oxygen atoms in total. The zero-order chi connectivity index (χ0) is 14.8. The van der Waals surface area contributed by atoms with Crippen LogP contribution in [0.3, 0.4) is 0 Å². The fourth-order valence-electron chi connectivity index (χ4n) is 2.26. The number of benzene rings is 1. The van der Waals surface area contributed by atoms with E-state index in [1.54, 1.807) is 24.3 Å². The molecule has 3 heteroatoms. The molecule has 0 aliphatic carbocycles. The average molecular weight is 299 g/mol. The zero-order valence-electron chi connectivity index (χ0n) is 12.6. The van der Waals surface area contributed by atoms with Gasteiger partial charge in [0.2, 0.25) is 0 Å². The van der Waals surface area contributed by atoms with Crippen LogP contribution in [0.4, 0.5) is 0 Å². The van der Waals surface area contributed by atoms with Gasteiger partial charge in [0.25, 0.3) is 0 Å². The van der Waals surface area contributed by atoms with Gasteiger partial charge >= 0.3 is 0 Å². The summed E-state index contributed by atoms with van der Waals surface area (Å²) in [6, 6.07) is 6.87. The molecule has 1 aromatic carbocycles. The molecule has 2 atom stereocenters. The Bertz CT molecular complexity index is 351. The quantitative estimate of drug-likeness (QED) is 0.464. The van der Waals surface area contributed by atoms with Gasteiger partial charge in [-0.15, -0.1) is 11.6 Å². The van der Waals surface area contributed by atoms with Crippen molar-refractivity contribution >= 4 is 11.6 Å². The van der Waals surface area contributed by atoms with Crippen LogP contribution in [0.5, 0.6) is 11.5 Å². The summed E-state index contributed by atoms with van der Waals surface area (Å²) < 4.78 is 5.64. The highest BCUT2D eigenvalue weighted by Crippen LogP contribution is 2.21. The molecule has 1 aromatic rings. The first-order chi connectivity index (χ1) is 9.61. The Morgan fingerprint density at radius 3 is 2.50 bits per heavy atom. The lowest BCUT2D eigenvalue weighted by atomic mass is 9.98. The first-order valence-corrected chi connectivity index (χ1v) is 8.11. The van der Waals surface area contributed by atoms with E-state index in [0.29, 0.717) is 11.3 Å². The number of alkyl halides is 1. The summed E-state index contributed by atoms with van der Waals surface area (Å²) in [4.78, 5) is 0. The fourth-order valence-corrected chi connectivity index (χ4v) is 2.72. The van der Waals surface area contributed by atoms with Gasteiger partial charge in [-0.25, -0.2) is 0 Å². The molecule has 0 heterocycles. The van der Waals surface area contributed by atoms with E-state index in [4.69, 9.17) is 16.3 Å². The first kappa shape index (κ1) is 17.2. The van der Waals surface area contributed by atoms with Gasteiger partial charge < -0.3 is 9.84 Å². The molecule has 20 heavy (non-hydrogen) atoms. The Labute approximate surface area is 128 Å². The number of phenols is 1. The summed E-state index contributed by atoms with van der Waals surface area (Å²) >= 11 is 6.32. The predicted octanol–water partition coefficient (Wildman–Crippen LogP) is 5.38. The molecule has 0 bridgehead atoms.